The Morgan fingerprint density at radius 1 is 1.19 bits per heavy atom. The second kappa shape index (κ2) is 6.25. The first-order chi connectivity index (χ1) is 9.94. The molecule has 0 atom stereocenters. The monoisotopic (exact) mass is 288 g/mol. The molecule has 0 spiro atoms. The molecule has 7 heteroatoms. The van der Waals surface area contributed by atoms with E-state index in [0.717, 1.165) is 11.4 Å². The number of nitrogens with one attached hydrogen (secondary N) is 1. The third kappa shape index (κ3) is 4.20. The molecule has 7 nitrogen and oxygen atoms in total. The topological polar surface area (TPSA) is 89.2 Å². The number of anilines is 4. The average Bonchev–Trinajstić information content (AvgIpc) is 2.37. The Labute approximate surface area is 124 Å². The fraction of sp³-hybridized carbons (Fsp3) is 0.357. The van der Waals surface area contributed by atoms with Crippen molar-refractivity contribution in [3.8, 4) is 6.01 Å². The quantitative estimate of drug-likeness (QED) is 0.870. The molecule has 1 aromatic heterocycles. The van der Waals surface area contributed by atoms with Crippen LogP contribution in [0.15, 0.2) is 24.3 Å². The molecule has 112 valence electrons. The minimum Gasteiger partial charge on any atom is -0.461 e. The number of nitrogen functional groups attached to an aromatic ring is 1. The smallest absolute Gasteiger partial charge is 0.323 e. The minimum atomic E-state index is -0.0308. The van der Waals surface area contributed by atoms with Gasteiger partial charge in [-0.3, -0.25) is 0 Å². The summed E-state index contributed by atoms with van der Waals surface area (Å²) >= 11 is 0. The molecular weight excluding hydrogens is 268 g/mol. The normalized spacial score (nSPS) is 10.5. The molecule has 2 rings (SSSR count). The highest BCUT2D eigenvalue weighted by Gasteiger charge is 2.08. The van der Waals surface area contributed by atoms with Crippen molar-refractivity contribution in [2.45, 2.75) is 20.0 Å². The zero-order chi connectivity index (χ0) is 15.4. The van der Waals surface area contributed by atoms with Gasteiger partial charge in [-0.05, 0) is 32.0 Å². The van der Waals surface area contributed by atoms with E-state index < -0.39 is 0 Å². The SMILES string of the molecule is CC(C)Oc1nc(N)nc(Nc2cccc(N(C)C)c2)n1. The molecule has 0 unspecified atom stereocenters. The van der Waals surface area contributed by atoms with Crippen LogP contribution < -0.4 is 20.7 Å². The summed E-state index contributed by atoms with van der Waals surface area (Å²) in [7, 11) is 3.96. The van der Waals surface area contributed by atoms with Crippen molar-refractivity contribution in [3.63, 3.8) is 0 Å². The lowest BCUT2D eigenvalue weighted by Crippen LogP contribution is -2.12. The largest absolute Gasteiger partial charge is 0.461 e. The second-order valence-corrected chi connectivity index (χ2v) is 5.04. The van der Waals surface area contributed by atoms with E-state index in [1.54, 1.807) is 0 Å². The fourth-order valence-electron chi connectivity index (χ4n) is 1.68. The Morgan fingerprint density at radius 2 is 1.95 bits per heavy atom. The van der Waals surface area contributed by atoms with Gasteiger partial charge in [0.1, 0.15) is 0 Å². The summed E-state index contributed by atoms with van der Waals surface area (Å²) in [6.07, 6.45) is -0.0308. The van der Waals surface area contributed by atoms with Gasteiger partial charge in [0.15, 0.2) is 0 Å². The third-order valence-electron chi connectivity index (χ3n) is 2.59. The van der Waals surface area contributed by atoms with Crippen molar-refractivity contribution < 1.29 is 4.74 Å². The van der Waals surface area contributed by atoms with Gasteiger partial charge in [-0.15, -0.1) is 0 Å². The molecular formula is C14H20N6O. The van der Waals surface area contributed by atoms with Gasteiger partial charge in [0, 0.05) is 25.5 Å². The molecule has 1 heterocycles. The summed E-state index contributed by atoms with van der Waals surface area (Å²) in [5, 5.41) is 3.10. The van der Waals surface area contributed by atoms with Crippen molar-refractivity contribution in [2.75, 3.05) is 30.0 Å². The van der Waals surface area contributed by atoms with Crippen molar-refractivity contribution in [3.05, 3.63) is 24.3 Å². The fourth-order valence-corrected chi connectivity index (χ4v) is 1.68. The number of benzene rings is 1. The summed E-state index contributed by atoms with van der Waals surface area (Å²) in [5.41, 5.74) is 7.61. The summed E-state index contributed by atoms with van der Waals surface area (Å²) in [4.78, 5) is 14.2. The van der Waals surface area contributed by atoms with Crippen LogP contribution in [-0.2, 0) is 0 Å². The van der Waals surface area contributed by atoms with Crippen molar-refractivity contribution in [1.29, 1.82) is 0 Å². The average molecular weight is 288 g/mol. The van der Waals surface area contributed by atoms with Crippen LogP contribution in [0.5, 0.6) is 6.01 Å². The first-order valence-electron chi connectivity index (χ1n) is 6.66. The lowest BCUT2D eigenvalue weighted by atomic mass is 10.2. The molecule has 0 aliphatic heterocycles. The zero-order valence-corrected chi connectivity index (χ0v) is 12.7. The molecule has 0 saturated carbocycles. The molecule has 0 aliphatic rings. The molecule has 2 aromatic rings. The van der Waals surface area contributed by atoms with Crippen LogP contribution in [0.1, 0.15) is 13.8 Å². The minimum absolute atomic E-state index is 0.0308. The van der Waals surface area contributed by atoms with E-state index in [0.29, 0.717) is 5.95 Å². The van der Waals surface area contributed by atoms with Gasteiger partial charge < -0.3 is 20.7 Å². The van der Waals surface area contributed by atoms with Crippen molar-refractivity contribution in [2.24, 2.45) is 0 Å². The number of nitrogens with zero attached hydrogens (tertiary/aromatic N) is 4. The number of nitrogens with two attached hydrogens (primary N) is 1. The summed E-state index contributed by atoms with van der Waals surface area (Å²) in [6, 6.07) is 8.09. The van der Waals surface area contributed by atoms with E-state index in [4.69, 9.17) is 10.5 Å². The zero-order valence-electron chi connectivity index (χ0n) is 12.7. The molecule has 0 saturated heterocycles. The van der Waals surface area contributed by atoms with Gasteiger partial charge in [0.2, 0.25) is 11.9 Å². The maximum atomic E-state index is 5.68. The standard InChI is InChI=1S/C14H20N6O/c1-9(2)21-14-18-12(15)17-13(19-14)16-10-6-5-7-11(8-10)20(3)4/h5-9H,1-4H3,(H3,15,16,17,18,19). The lowest BCUT2D eigenvalue weighted by molar-refractivity contribution is 0.222. The number of rotatable bonds is 5. The third-order valence-corrected chi connectivity index (χ3v) is 2.59. The number of ether oxygens (including phenoxy) is 1. The maximum absolute atomic E-state index is 5.68. The van der Waals surface area contributed by atoms with Gasteiger partial charge >= 0.3 is 6.01 Å². The molecule has 0 amide bonds. The van der Waals surface area contributed by atoms with Gasteiger partial charge in [0.05, 0.1) is 6.10 Å². The second-order valence-electron chi connectivity index (χ2n) is 5.04. The van der Waals surface area contributed by atoms with Crippen molar-refractivity contribution in [1.82, 2.24) is 15.0 Å². The lowest BCUT2D eigenvalue weighted by Gasteiger charge is -2.14. The van der Waals surface area contributed by atoms with Crippen LogP contribution in [0.3, 0.4) is 0 Å². The van der Waals surface area contributed by atoms with Crippen LogP contribution in [-0.4, -0.2) is 35.2 Å². The molecule has 0 bridgehead atoms. The number of hydrogen-bond acceptors (Lipinski definition) is 7. The van der Waals surface area contributed by atoms with Crippen LogP contribution in [0.2, 0.25) is 0 Å². The summed E-state index contributed by atoms with van der Waals surface area (Å²) in [5.74, 6) is 0.473. The van der Waals surface area contributed by atoms with Crippen LogP contribution in [0.25, 0.3) is 0 Å². The van der Waals surface area contributed by atoms with Crippen LogP contribution >= 0.6 is 0 Å². The molecule has 3 N–H and O–H groups in total. The maximum Gasteiger partial charge on any atom is 0.323 e. The predicted molar refractivity (Wildman–Crippen MR) is 84.1 cm³/mol. The number of aromatic nitrogens is 3. The Bertz CT molecular complexity index is 614. The Morgan fingerprint density at radius 3 is 2.62 bits per heavy atom. The molecule has 21 heavy (non-hydrogen) atoms. The molecule has 1 aromatic carbocycles. The first kappa shape index (κ1) is 14.8. The number of hydrogen-bond donors (Lipinski definition) is 2. The van der Waals surface area contributed by atoms with E-state index in [2.05, 4.69) is 20.3 Å². The van der Waals surface area contributed by atoms with Crippen LogP contribution in [0, 0.1) is 0 Å². The van der Waals surface area contributed by atoms with E-state index in [1.807, 2.05) is 57.1 Å². The van der Waals surface area contributed by atoms with Gasteiger partial charge in [-0.25, -0.2) is 0 Å². The van der Waals surface area contributed by atoms with Gasteiger partial charge in [0.25, 0.3) is 0 Å². The summed E-state index contributed by atoms with van der Waals surface area (Å²) < 4.78 is 5.44. The van der Waals surface area contributed by atoms with Gasteiger partial charge in [-0.2, -0.15) is 15.0 Å². The van der Waals surface area contributed by atoms with Gasteiger partial charge in [-0.1, -0.05) is 6.07 Å². The predicted octanol–water partition coefficient (Wildman–Crippen LogP) is 2.05. The van der Waals surface area contributed by atoms with E-state index in [1.165, 1.54) is 0 Å². The highest BCUT2D eigenvalue weighted by molar-refractivity contribution is 5.62. The van der Waals surface area contributed by atoms with E-state index in [-0.39, 0.29) is 18.1 Å². The Hall–Kier alpha value is -2.57. The molecule has 0 radical (unpaired) electrons. The summed E-state index contributed by atoms with van der Waals surface area (Å²) in [6.45, 7) is 3.79. The highest BCUT2D eigenvalue weighted by atomic mass is 16.5. The van der Waals surface area contributed by atoms with E-state index in [9.17, 15) is 0 Å². The Kier molecular flexibility index (Phi) is 4.42. The van der Waals surface area contributed by atoms with Crippen LogP contribution in [0.4, 0.5) is 23.3 Å². The first-order valence-corrected chi connectivity index (χ1v) is 6.66. The Balaban J connectivity index is 2.22. The highest BCUT2D eigenvalue weighted by Crippen LogP contribution is 2.21. The molecule has 0 aliphatic carbocycles. The van der Waals surface area contributed by atoms with Crippen molar-refractivity contribution >= 4 is 23.3 Å². The molecule has 0 fully saturated rings. The van der Waals surface area contributed by atoms with E-state index >= 15 is 0 Å².